The maximum absolute atomic E-state index is 13.2. The molecule has 1 aliphatic rings. The lowest BCUT2D eigenvalue weighted by molar-refractivity contribution is -0.137. The van der Waals surface area contributed by atoms with Gasteiger partial charge in [0.15, 0.2) is 0 Å². The molecule has 0 saturated carbocycles. The van der Waals surface area contributed by atoms with Crippen LogP contribution in [0.1, 0.15) is 56.8 Å². The summed E-state index contributed by atoms with van der Waals surface area (Å²) >= 11 is 0. The Bertz CT molecular complexity index is 1090. The van der Waals surface area contributed by atoms with Crippen molar-refractivity contribution < 1.29 is 18.0 Å². The number of carbonyl (C=O) groups is 1. The van der Waals surface area contributed by atoms with Crippen molar-refractivity contribution >= 4 is 5.91 Å². The molecule has 0 spiro atoms. The number of fused-ring (bicyclic) bond motifs is 1. The van der Waals surface area contributed by atoms with Crippen LogP contribution in [0.5, 0.6) is 0 Å². The molecule has 1 amide bonds. The van der Waals surface area contributed by atoms with Crippen LogP contribution in [0.2, 0.25) is 0 Å². The molecule has 0 fully saturated rings. The molecule has 2 aromatic heterocycles. The summed E-state index contributed by atoms with van der Waals surface area (Å²) in [4.78, 5) is 17.2. The number of hydrogen-bond acceptors (Lipinski definition) is 2. The fraction of sp³-hybridized carbons (Fsp3) is 0.333. The van der Waals surface area contributed by atoms with E-state index in [0.717, 1.165) is 54.1 Å². The van der Waals surface area contributed by atoms with E-state index in [0.29, 0.717) is 17.8 Å². The van der Waals surface area contributed by atoms with Gasteiger partial charge in [0.05, 0.1) is 5.56 Å². The Kier molecular flexibility index (Phi) is 5.85. The molecule has 0 aliphatic heterocycles. The van der Waals surface area contributed by atoms with E-state index >= 15 is 0 Å². The standard InChI is InChI=1S/C24H24F3N3O/c1-16-20-9-2-3-10-21(20)30(15-17-6-4-8-19(12-17)24(25,26)27)22(16)23(31)29-14-18-7-5-11-28-13-18/h4-8,11-13H,2-3,9-10,14-15H2,1H3,(H,29,31). The summed E-state index contributed by atoms with van der Waals surface area (Å²) in [6, 6.07) is 9.03. The molecule has 0 atom stereocenters. The largest absolute Gasteiger partial charge is 0.416 e. The highest BCUT2D eigenvalue weighted by Gasteiger charge is 2.31. The highest BCUT2D eigenvalue weighted by molar-refractivity contribution is 5.95. The lowest BCUT2D eigenvalue weighted by Crippen LogP contribution is -2.27. The number of rotatable bonds is 5. The van der Waals surface area contributed by atoms with E-state index in [1.807, 2.05) is 23.6 Å². The van der Waals surface area contributed by atoms with Gasteiger partial charge in [-0.2, -0.15) is 13.2 Å². The summed E-state index contributed by atoms with van der Waals surface area (Å²) in [7, 11) is 0. The maximum Gasteiger partial charge on any atom is 0.416 e. The first-order valence-electron chi connectivity index (χ1n) is 10.4. The minimum Gasteiger partial charge on any atom is -0.347 e. The number of nitrogens with one attached hydrogen (secondary N) is 1. The van der Waals surface area contributed by atoms with Crippen LogP contribution in [0.15, 0.2) is 48.8 Å². The normalized spacial score (nSPS) is 13.7. The van der Waals surface area contributed by atoms with Crippen LogP contribution >= 0.6 is 0 Å². The Morgan fingerprint density at radius 2 is 1.90 bits per heavy atom. The van der Waals surface area contributed by atoms with Crippen molar-refractivity contribution in [2.45, 2.75) is 51.9 Å². The summed E-state index contributed by atoms with van der Waals surface area (Å²) < 4.78 is 41.4. The summed E-state index contributed by atoms with van der Waals surface area (Å²) in [5.41, 5.74) is 4.41. The van der Waals surface area contributed by atoms with Crippen molar-refractivity contribution in [3.63, 3.8) is 0 Å². The van der Waals surface area contributed by atoms with Gasteiger partial charge in [-0.1, -0.05) is 18.2 Å². The quantitative estimate of drug-likeness (QED) is 0.618. The molecular formula is C24H24F3N3O. The van der Waals surface area contributed by atoms with Gasteiger partial charge in [-0.15, -0.1) is 0 Å². The second kappa shape index (κ2) is 8.57. The van der Waals surface area contributed by atoms with Gasteiger partial charge in [-0.05, 0) is 73.1 Å². The Morgan fingerprint density at radius 3 is 2.65 bits per heavy atom. The second-order valence-electron chi connectivity index (χ2n) is 7.93. The average molecular weight is 427 g/mol. The topological polar surface area (TPSA) is 46.9 Å². The molecule has 4 rings (SSSR count). The molecule has 1 aromatic carbocycles. The molecule has 1 aliphatic carbocycles. The molecule has 7 heteroatoms. The predicted octanol–water partition coefficient (Wildman–Crippen LogP) is 5.07. The zero-order chi connectivity index (χ0) is 22.0. The molecule has 0 bridgehead atoms. The third kappa shape index (κ3) is 4.50. The summed E-state index contributed by atoms with van der Waals surface area (Å²) in [5.74, 6) is -0.220. The average Bonchev–Trinajstić information content (AvgIpc) is 3.04. The van der Waals surface area contributed by atoms with Gasteiger partial charge < -0.3 is 9.88 Å². The maximum atomic E-state index is 13.2. The minimum absolute atomic E-state index is 0.220. The van der Waals surface area contributed by atoms with E-state index in [4.69, 9.17) is 0 Å². The van der Waals surface area contributed by atoms with E-state index in [9.17, 15) is 18.0 Å². The van der Waals surface area contributed by atoms with Crippen LogP contribution in [0.25, 0.3) is 0 Å². The number of halogens is 3. The van der Waals surface area contributed by atoms with Gasteiger partial charge >= 0.3 is 6.18 Å². The first-order valence-corrected chi connectivity index (χ1v) is 10.4. The van der Waals surface area contributed by atoms with E-state index < -0.39 is 11.7 Å². The Balaban J connectivity index is 1.67. The Labute approximate surface area is 179 Å². The first-order chi connectivity index (χ1) is 14.8. The third-order valence-electron chi connectivity index (χ3n) is 5.83. The molecule has 4 nitrogen and oxygen atoms in total. The monoisotopic (exact) mass is 427 g/mol. The number of carbonyl (C=O) groups excluding carboxylic acids is 1. The van der Waals surface area contributed by atoms with Gasteiger partial charge in [-0.3, -0.25) is 9.78 Å². The molecule has 3 aromatic rings. The van der Waals surface area contributed by atoms with Crippen LogP contribution in [-0.2, 0) is 32.1 Å². The zero-order valence-corrected chi connectivity index (χ0v) is 17.3. The lowest BCUT2D eigenvalue weighted by atomic mass is 9.95. The van der Waals surface area contributed by atoms with Crippen molar-refractivity contribution in [1.82, 2.24) is 14.9 Å². The number of benzene rings is 1. The fourth-order valence-corrected chi connectivity index (χ4v) is 4.34. The number of hydrogen-bond donors (Lipinski definition) is 1. The molecule has 2 heterocycles. The van der Waals surface area contributed by atoms with Crippen LogP contribution in [0, 0.1) is 6.92 Å². The van der Waals surface area contributed by atoms with Crippen LogP contribution < -0.4 is 5.32 Å². The highest BCUT2D eigenvalue weighted by atomic mass is 19.4. The molecular weight excluding hydrogens is 403 g/mol. The number of nitrogens with zero attached hydrogens (tertiary/aromatic N) is 2. The van der Waals surface area contributed by atoms with Crippen LogP contribution in [0.3, 0.4) is 0 Å². The lowest BCUT2D eigenvalue weighted by Gasteiger charge is -2.18. The Morgan fingerprint density at radius 1 is 1.13 bits per heavy atom. The Hall–Kier alpha value is -3.09. The van der Waals surface area contributed by atoms with Gasteiger partial charge in [0, 0.05) is 31.2 Å². The van der Waals surface area contributed by atoms with Gasteiger partial charge in [-0.25, -0.2) is 0 Å². The molecule has 31 heavy (non-hydrogen) atoms. The SMILES string of the molecule is Cc1c2c(n(Cc3cccc(C(F)(F)F)c3)c1C(=O)NCc1cccnc1)CCCC2. The van der Waals surface area contributed by atoms with Crippen LogP contribution in [0.4, 0.5) is 13.2 Å². The molecule has 1 N–H and O–H groups in total. The number of aromatic nitrogens is 2. The summed E-state index contributed by atoms with van der Waals surface area (Å²) in [6.45, 7) is 2.51. The minimum atomic E-state index is -4.40. The number of amides is 1. The van der Waals surface area contributed by atoms with E-state index in [1.54, 1.807) is 18.5 Å². The second-order valence-corrected chi connectivity index (χ2v) is 7.93. The van der Waals surface area contributed by atoms with Crippen molar-refractivity contribution in [2.24, 2.45) is 0 Å². The summed E-state index contributed by atoms with van der Waals surface area (Å²) in [5, 5.41) is 2.95. The number of alkyl halides is 3. The summed E-state index contributed by atoms with van der Waals surface area (Å²) in [6.07, 6.45) is 2.74. The smallest absolute Gasteiger partial charge is 0.347 e. The molecule has 0 radical (unpaired) electrons. The van der Waals surface area contributed by atoms with Gasteiger partial charge in [0.1, 0.15) is 5.69 Å². The van der Waals surface area contributed by atoms with Gasteiger partial charge in [0.2, 0.25) is 0 Å². The zero-order valence-electron chi connectivity index (χ0n) is 17.3. The molecule has 0 unspecified atom stereocenters. The number of pyridine rings is 1. The van der Waals surface area contributed by atoms with Crippen molar-refractivity contribution in [1.29, 1.82) is 0 Å². The van der Waals surface area contributed by atoms with Crippen molar-refractivity contribution in [3.05, 3.63) is 88.0 Å². The first kappa shape index (κ1) is 21.2. The third-order valence-corrected chi connectivity index (χ3v) is 5.83. The van der Waals surface area contributed by atoms with Crippen molar-refractivity contribution in [3.8, 4) is 0 Å². The highest BCUT2D eigenvalue weighted by Crippen LogP contribution is 2.32. The van der Waals surface area contributed by atoms with E-state index in [-0.39, 0.29) is 12.5 Å². The fourth-order valence-electron chi connectivity index (χ4n) is 4.34. The van der Waals surface area contributed by atoms with E-state index in [2.05, 4.69) is 10.3 Å². The van der Waals surface area contributed by atoms with Gasteiger partial charge in [0.25, 0.3) is 5.91 Å². The van der Waals surface area contributed by atoms with Crippen LogP contribution in [-0.4, -0.2) is 15.5 Å². The van der Waals surface area contributed by atoms with E-state index in [1.165, 1.54) is 12.1 Å². The van der Waals surface area contributed by atoms with Crippen molar-refractivity contribution in [2.75, 3.05) is 0 Å². The molecule has 0 saturated heterocycles. The predicted molar refractivity (Wildman–Crippen MR) is 112 cm³/mol. The molecule has 162 valence electrons.